The molecule has 2 aromatic rings. The number of ether oxygens (including phenoxy) is 1. The van der Waals surface area contributed by atoms with Crippen molar-refractivity contribution in [2.75, 3.05) is 17.7 Å². The van der Waals surface area contributed by atoms with Crippen molar-refractivity contribution in [2.45, 2.75) is 25.4 Å². The third-order valence-corrected chi connectivity index (χ3v) is 4.14. The molecule has 4 nitrogen and oxygen atoms in total. The second kappa shape index (κ2) is 6.79. The van der Waals surface area contributed by atoms with E-state index >= 15 is 0 Å². The number of nitrogens with one attached hydrogen (secondary N) is 2. The molecular weight excluding hydrogens is 295 g/mol. The molecule has 120 valence electrons. The lowest BCUT2D eigenvalue weighted by Gasteiger charge is -2.25. The number of hydrogen-bond donors (Lipinski definition) is 2. The Balaban J connectivity index is 1.76. The van der Waals surface area contributed by atoms with E-state index in [2.05, 4.69) is 16.7 Å². The second-order valence-corrected chi connectivity index (χ2v) is 5.60. The average Bonchev–Trinajstić information content (AvgIpc) is 2.57. The molecular formula is C18H19FN2O2. The predicted molar refractivity (Wildman–Crippen MR) is 88.3 cm³/mol. The number of carbonyl (C=O) groups excluding carboxylic acids is 1. The molecule has 3 rings (SSSR count). The zero-order valence-electron chi connectivity index (χ0n) is 12.9. The standard InChI is InChI=1S/C18H19FN2O2/c1-23-13-10-9-12-5-4-8-16(14(12)11-13)20-18(22)21-17-7-3-2-6-15(17)19/h2-8,13H,9-11H2,1H3,(H2,20,21,22). The lowest BCUT2D eigenvalue weighted by molar-refractivity contribution is 0.0913. The fourth-order valence-electron chi connectivity index (χ4n) is 2.91. The molecule has 0 spiro atoms. The first-order valence-electron chi connectivity index (χ1n) is 7.63. The first-order chi connectivity index (χ1) is 11.2. The van der Waals surface area contributed by atoms with E-state index in [-0.39, 0.29) is 11.8 Å². The van der Waals surface area contributed by atoms with Crippen LogP contribution < -0.4 is 10.6 Å². The number of carbonyl (C=O) groups is 1. The number of fused-ring (bicyclic) bond motifs is 1. The molecule has 0 aromatic heterocycles. The van der Waals surface area contributed by atoms with Gasteiger partial charge in [-0.25, -0.2) is 9.18 Å². The van der Waals surface area contributed by atoms with Crippen LogP contribution in [0.2, 0.25) is 0 Å². The van der Waals surface area contributed by atoms with Crippen LogP contribution in [0.25, 0.3) is 0 Å². The van der Waals surface area contributed by atoms with Gasteiger partial charge in [0.1, 0.15) is 5.82 Å². The Morgan fingerprint density at radius 2 is 1.87 bits per heavy atom. The molecule has 0 aliphatic heterocycles. The minimum Gasteiger partial charge on any atom is -0.381 e. The Hall–Kier alpha value is -2.40. The fraction of sp³-hybridized carbons (Fsp3) is 0.278. The largest absolute Gasteiger partial charge is 0.381 e. The maximum absolute atomic E-state index is 13.6. The van der Waals surface area contributed by atoms with Gasteiger partial charge in [-0.2, -0.15) is 0 Å². The van der Waals surface area contributed by atoms with Crippen LogP contribution in [0, 0.1) is 5.82 Å². The maximum atomic E-state index is 13.6. The summed E-state index contributed by atoms with van der Waals surface area (Å²) in [6, 6.07) is 11.5. The van der Waals surface area contributed by atoms with Crippen molar-refractivity contribution in [3.8, 4) is 0 Å². The molecule has 2 N–H and O–H groups in total. The van der Waals surface area contributed by atoms with E-state index in [0.29, 0.717) is 0 Å². The summed E-state index contributed by atoms with van der Waals surface area (Å²) in [6.45, 7) is 0. The number of hydrogen-bond acceptors (Lipinski definition) is 2. The van der Waals surface area contributed by atoms with Gasteiger partial charge in [-0.3, -0.25) is 0 Å². The lowest BCUT2D eigenvalue weighted by atomic mass is 9.88. The van der Waals surface area contributed by atoms with Crippen molar-refractivity contribution in [3.63, 3.8) is 0 Å². The van der Waals surface area contributed by atoms with Crippen molar-refractivity contribution in [1.29, 1.82) is 0 Å². The molecule has 0 radical (unpaired) electrons. The summed E-state index contributed by atoms with van der Waals surface area (Å²) in [7, 11) is 1.70. The van der Waals surface area contributed by atoms with Gasteiger partial charge in [-0.15, -0.1) is 0 Å². The van der Waals surface area contributed by atoms with Gasteiger partial charge < -0.3 is 15.4 Å². The van der Waals surface area contributed by atoms with Gasteiger partial charge in [-0.1, -0.05) is 24.3 Å². The molecule has 0 heterocycles. The van der Waals surface area contributed by atoms with Gasteiger partial charge in [0.2, 0.25) is 0 Å². The number of halogens is 1. The molecule has 0 saturated heterocycles. The van der Waals surface area contributed by atoms with Gasteiger partial charge in [0.05, 0.1) is 11.8 Å². The highest BCUT2D eigenvalue weighted by Gasteiger charge is 2.21. The highest BCUT2D eigenvalue weighted by molar-refractivity contribution is 6.00. The number of benzene rings is 2. The van der Waals surface area contributed by atoms with E-state index < -0.39 is 11.8 Å². The van der Waals surface area contributed by atoms with Gasteiger partial charge in [0.25, 0.3) is 0 Å². The molecule has 0 saturated carbocycles. The molecule has 1 aliphatic carbocycles. The van der Waals surface area contributed by atoms with E-state index in [0.717, 1.165) is 30.5 Å². The number of methoxy groups -OCH3 is 1. The molecule has 1 atom stereocenters. The van der Waals surface area contributed by atoms with E-state index in [1.807, 2.05) is 12.1 Å². The summed E-state index contributed by atoms with van der Waals surface area (Å²) in [5.74, 6) is -0.461. The summed E-state index contributed by atoms with van der Waals surface area (Å²) in [5, 5.41) is 5.35. The molecule has 5 heteroatoms. The van der Waals surface area contributed by atoms with Crippen molar-refractivity contribution >= 4 is 17.4 Å². The minimum atomic E-state index is -0.461. The predicted octanol–water partition coefficient (Wildman–Crippen LogP) is 3.97. The van der Waals surface area contributed by atoms with E-state index in [1.54, 1.807) is 19.2 Å². The number of aryl methyl sites for hydroxylation is 1. The number of amides is 2. The molecule has 2 amide bonds. The molecule has 1 aliphatic rings. The molecule has 0 bridgehead atoms. The number of urea groups is 1. The van der Waals surface area contributed by atoms with E-state index in [9.17, 15) is 9.18 Å². The van der Waals surface area contributed by atoms with Crippen molar-refractivity contribution < 1.29 is 13.9 Å². The summed E-state index contributed by atoms with van der Waals surface area (Å²) >= 11 is 0. The van der Waals surface area contributed by atoms with E-state index in [4.69, 9.17) is 4.74 Å². The van der Waals surface area contributed by atoms with Crippen LogP contribution in [0.15, 0.2) is 42.5 Å². The van der Waals surface area contributed by atoms with Crippen molar-refractivity contribution in [2.24, 2.45) is 0 Å². The van der Waals surface area contributed by atoms with Gasteiger partial charge >= 0.3 is 6.03 Å². The highest BCUT2D eigenvalue weighted by Crippen LogP contribution is 2.29. The van der Waals surface area contributed by atoms with Gasteiger partial charge in [0.15, 0.2) is 0 Å². The van der Waals surface area contributed by atoms with Crippen LogP contribution >= 0.6 is 0 Å². The fourth-order valence-corrected chi connectivity index (χ4v) is 2.91. The second-order valence-electron chi connectivity index (χ2n) is 5.60. The molecule has 23 heavy (non-hydrogen) atoms. The number of para-hydroxylation sites is 1. The lowest BCUT2D eigenvalue weighted by Crippen LogP contribution is -2.25. The Morgan fingerprint density at radius 3 is 2.65 bits per heavy atom. The SMILES string of the molecule is COC1CCc2cccc(NC(=O)Nc3ccccc3F)c2C1. The number of anilines is 2. The van der Waals surface area contributed by atoms with Crippen LogP contribution in [0.3, 0.4) is 0 Å². The summed E-state index contributed by atoms with van der Waals surface area (Å²) in [5.41, 5.74) is 3.22. The van der Waals surface area contributed by atoms with E-state index in [1.165, 1.54) is 17.7 Å². The summed E-state index contributed by atoms with van der Waals surface area (Å²) < 4.78 is 19.0. The van der Waals surface area contributed by atoms with Crippen LogP contribution in [0.4, 0.5) is 20.6 Å². The summed E-state index contributed by atoms with van der Waals surface area (Å²) in [6.07, 6.45) is 2.84. The number of rotatable bonds is 3. The smallest absolute Gasteiger partial charge is 0.323 e. The third kappa shape index (κ3) is 3.51. The first kappa shape index (κ1) is 15.5. The van der Waals surface area contributed by atoms with Crippen LogP contribution in [-0.4, -0.2) is 19.2 Å². The monoisotopic (exact) mass is 314 g/mol. The average molecular weight is 314 g/mol. The summed E-state index contributed by atoms with van der Waals surface area (Å²) in [4.78, 5) is 12.2. The Kier molecular flexibility index (Phi) is 4.57. The zero-order chi connectivity index (χ0) is 16.2. The normalized spacial score (nSPS) is 16.5. The van der Waals surface area contributed by atoms with Crippen LogP contribution in [0.1, 0.15) is 17.5 Å². The van der Waals surface area contributed by atoms with Gasteiger partial charge in [0, 0.05) is 19.2 Å². The zero-order valence-corrected chi connectivity index (χ0v) is 12.9. The molecule has 2 aromatic carbocycles. The van der Waals surface area contributed by atoms with Crippen LogP contribution in [-0.2, 0) is 17.6 Å². The minimum absolute atomic E-state index is 0.157. The maximum Gasteiger partial charge on any atom is 0.323 e. The molecule has 0 fully saturated rings. The Labute approximate surface area is 134 Å². The Morgan fingerprint density at radius 1 is 1.13 bits per heavy atom. The van der Waals surface area contributed by atoms with Crippen molar-refractivity contribution in [3.05, 3.63) is 59.4 Å². The molecule has 1 unspecified atom stereocenters. The highest BCUT2D eigenvalue weighted by atomic mass is 19.1. The quantitative estimate of drug-likeness (QED) is 0.900. The first-order valence-corrected chi connectivity index (χ1v) is 7.63. The Bertz CT molecular complexity index is 718. The van der Waals surface area contributed by atoms with Crippen molar-refractivity contribution in [1.82, 2.24) is 0 Å². The van der Waals surface area contributed by atoms with Gasteiger partial charge in [-0.05, 0) is 42.2 Å². The van der Waals surface area contributed by atoms with Crippen LogP contribution in [0.5, 0.6) is 0 Å². The topological polar surface area (TPSA) is 50.4 Å². The third-order valence-electron chi connectivity index (χ3n) is 4.14.